The number of pyridine rings is 1. The molecule has 1 aromatic heterocycles. The van der Waals surface area contributed by atoms with Crippen LogP contribution in [0.5, 0.6) is 0 Å². The minimum atomic E-state index is -3.59. The number of hydrogen-bond acceptors (Lipinski definition) is 3. The van der Waals surface area contributed by atoms with Gasteiger partial charge in [0, 0.05) is 10.7 Å². The molecule has 0 aliphatic heterocycles. The molecule has 0 unspecified atom stereocenters. The molecule has 19 heavy (non-hydrogen) atoms. The van der Waals surface area contributed by atoms with E-state index in [1.54, 1.807) is 31.3 Å². The van der Waals surface area contributed by atoms with E-state index in [1.165, 1.54) is 6.20 Å². The molecule has 0 aliphatic rings. The van der Waals surface area contributed by atoms with Gasteiger partial charge in [0.25, 0.3) is 10.0 Å². The average molecular weight is 341 g/mol. The molecule has 1 aromatic carbocycles. The molecule has 2 rings (SSSR count). The number of anilines is 1. The van der Waals surface area contributed by atoms with Crippen molar-refractivity contribution in [2.24, 2.45) is 0 Å². The highest BCUT2D eigenvalue weighted by molar-refractivity contribution is 9.10. The summed E-state index contributed by atoms with van der Waals surface area (Å²) in [6.45, 7) is 3.70. The molecule has 0 atom stereocenters. The Kier molecular flexibility index (Phi) is 3.91. The highest BCUT2D eigenvalue weighted by atomic mass is 79.9. The quantitative estimate of drug-likeness (QED) is 0.932. The maximum atomic E-state index is 12.3. The lowest BCUT2D eigenvalue weighted by Gasteiger charge is -2.10. The Bertz CT molecular complexity index is 714. The highest BCUT2D eigenvalue weighted by Crippen LogP contribution is 2.21. The molecule has 0 amide bonds. The standard InChI is InChI=1S/C13H13BrN2O2S/c1-9-3-4-13(10(2)5-9)19(17,18)16-12-6-11(14)7-15-8-12/h3-8,16H,1-2H3. The molecule has 2 aromatic rings. The van der Waals surface area contributed by atoms with Crippen LogP contribution in [-0.2, 0) is 10.0 Å². The lowest BCUT2D eigenvalue weighted by atomic mass is 10.2. The third kappa shape index (κ3) is 3.33. The van der Waals surface area contributed by atoms with Crippen LogP contribution in [-0.4, -0.2) is 13.4 Å². The van der Waals surface area contributed by atoms with Crippen LogP contribution >= 0.6 is 15.9 Å². The Labute approximate surface area is 121 Å². The van der Waals surface area contributed by atoms with Gasteiger partial charge in [-0.15, -0.1) is 0 Å². The molecule has 1 N–H and O–H groups in total. The zero-order valence-electron chi connectivity index (χ0n) is 10.5. The van der Waals surface area contributed by atoms with Crippen molar-refractivity contribution in [3.63, 3.8) is 0 Å². The van der Waals surface area contributed by atoms with Gasteiger partial charge in [-0.05, 0) is 47.5 Å². The summed E-state index contributed by atoms with van der Waals surface area (Å²) < 4.78 is 27.8. The van der Waals surface area contributed by atoms with E-state index in [0.717, 1.165) is 11.1 Å². The summed E-state index contributed by atoms with van der Waals surface area (Å²) in [5.41, 5.74) is 2.17. The van der Waals surface area contributed by atoms with Gasteiger partial charge in [0.1, 0.15) is 0 Å². The van der Waals surface area contributed by atoms with Crippen molar-refractivity contribution in [3.8, 4) is 0 Å². The number of halogens is 1. The van der Waals surface area contributed by atoms with Gasteiger partial charge in [-0.1, -0.05) is 17.7 Å². The normalized spacial score (nSPS) is 11.3. The topological polar surface area (TPSA) is 59.1 Å². The smallest absolute Gasteiger partial charge is 0.262 e. The summed E-state index contributed by atoms with van der Waals surface area (Å²) in [6.07, 6.45) is 3.06. The van der Waals surface area contributed by atoms with E-state index in [1.807, 2.05) is 13.0 Å². The first-order valence-corrected chi connectivity index (χ1v) is 7.87. The Hall–Kier alpha value is -1.40. The van der Waals surface area contributed by atoms with Crippen molar-refractivity contribution >= 4 is 31.6 Å². The fourth-order valence-corrected chi connectivity index (χ4v) is 3.41. The zero-order chi connectivity index (χ0) is 14.0. The van der Waals surface area contributed by atoms with Gasteiger partial charge in [0.2, 0.25) is 0 Å². The molecule has 1 heterocycles. The molecule has 0 saturated carbocycles. The van der Waals surface area contributed by atoms with E-state index < -0.39 is 10.0 Å². The van der Waals surface area contributed by atoms with Crippen molar-refractivity contribution in [1.29, 1.82) is 0 Å². The van der Waals surface area contributed by atoms with E-state index in [-0.39, 0.29) is 4.90 Å². The van der Waals surface area contributed by atoms with E-state index in [4.69, 9.17) is 0 Å². The van der Waals surface area contributed by atoms with Crippen molar-refractivity contribution in [3.05, 3.63) is 52.3 Å². The summed E-state index contributed by atoms with van der Waals surface area (Å²) in [6, 6.07) is 6.89. The maximum Gasteiger partial charge on any atom is 0.262 e. The summed E-state index contributed by atoms with van der Waals surface area (Å²) in [7, 11) is -3.59. The molecule has 0 aliphatic carbocycles. The van der Waals surface area contributed by atoms with Crippen LogP contribution in [0.15, 0.2) is 46.0 Å². The van der Waals surface area contributed by atoms with Gasteiger partial charge >= 0.3 is 0 Å². The predicted molar refractivity (Wildman–Crippen MR) is 78.7 cm³/mol. The molecular formula is C13H13BrN2O2S. The molecule has 6 heteroatoms. The van der Waals surface area contributed by atoms with Crippen LogP contribution in [0.4, 0.5) is 5.69 Å². The van der Waals surface area contributed by atoms with Gasteiger partial charge < -0.3 is 0 Å². The molecule has 0 bridgehead atoms. The lowest BCUT2D eigenvalue weighted by molar-refractivity contribution is 0.600. The zero-order valence-corrected chi connectivity index (χ0v) is 12.9. The second-order valence-electron chi connectivity index (χ2n) is 4.27. The second-order valence-corrected chi connectivity index (χ2v) is 6.83. The number of sulfonamides is 1. The summed E-state index contributed by atoms with van der Waals surface area (Å²) in [4.78, 5) is 4.20. The van der Waals surface area contributed by atoms with E-state index in [0.29, 0.717) is 10.2 Å². The number of benzene rings is 1. The fraction of sp³-hybridized carbons (Fsp3) is 0.154. The minimum Gasteiger partial charge on any atom is -0.278 e. The Morgan fingerprint density at radius 2 is 1.89 bits per heavy atom. The Balaban J connectivity index is 2.38. The molecule has 0 saturated heterocycles. The highest BCUT2D eigenvalue weighted by Gasteiger charge is 2.16. The molecule has 4 nitrogen and oxygen atoms in total. The fourth-order valence-electron chi connectivity index (χ4n) is 1.78. The van der Waals surface area contributed by atoms with Gasteiger partial charge in [-0.3, -0.25) is 9.71 Å². The van der Waals surface area contributed by atoms with Gasteiger partial charge in [0.15, 0.2) is 0 Å². The number of aromatic nitrogens is 1. The van der Waals surface area contributed by atoms with Crippen molar-refractivity contribution in [2.75, 3.05) is 4.72 Å². The average Bonchev–Trinajstić information content (AvgIpc) is 2.27. The second kappa shape index (κ2) is 5.30. The van der Waals surface area contributed by atoms with Crippen LogP contribution in [0.2, 0.25) is 0 Å². The number of hydrogen-bond donors (Lipinski definition) is 1. The summed E-state index contributed by atoms with van der Waals surface area (Å²) in [5, 5.41) is 0. The lowest BCUT2D eigenvalue weighted by Crippen LogP contribution is -2.14. The van der Waals surface area contributed by atoms with E-state index >= 15 is 0 Å². The van der Waals surface area contributed by atoms with Crippen molar-refractivity contribution in [2.45, 2.75) is 18.7 Å². The van der Waals surface area contributed by atoms with Crippen LogP contribution in [0.1, 0.15) is 11.1 Å². The largest absolute Gasteiger partial charge is 0.278 e. The monoisotopic (exact) mass is 340 g/mol. The first-order valence-electron chi connectivity index (χ1n) is 5.59. The van der Waals surface area contributed by atoms with Crippen molar-refractivity contribution in [1.82, 2.24) is 4.98 Å². The van der Waals surface area contributed by atoms with Crippen LogP contribution < -0.4 is 4.72 Å². The molecule has 0 spiro atoms. The molecule has 100 valence electrons. The van der Waals surface area contributed by atoms with Gasteiger partial charge in [-0.2, -0.15) is 0 Å². The first-order chi connectivity index (χ1) is 8.88. The number of aryl methyl sites for hydroxylation is 2. The summed E-state index contributed by atoms with van der Waals surface area (Å²) >= 11 is 3.25. The molecule has 0 fully saturated rings. The van der Waals surface area contributed by atoms with Gasteiger partial charge in [-0.25, -0.2) is 8.42 Å². The predicted octanol–water partition coefficient (Wildman–Crippen LogP) is 3.26. The molecule has 0 radical (unpaired) electrons. The number of rotatable bonds is 3. The first kappa shape index (κ1) is 14.0. The van der Waals surface area contributed by atoms with E-state index in [2.05, 4.69) is 25.6 Å². The third-order valence-corrected chi connectivity index (χ3v) is 4.55. The molecular weight excluding hydrogens is 328 g/mol. The minimum absolute atomic E-state index is 0.276. The maximum absolute atomic E-state index is 12.3. The summed E-state index contributed by atoms with van der Waals surface area (Å²) in [5.74, 6) is 0. The van der Waals surface area contributed by atoms with Crippen LogP contribution in [0, 0.1) is 13.8 Å². The van der Waals surface area contributed by atoms with E-state index in [9.17, 15) is 8.42 Å². The van der Waals surface area contributed by atoms with Crippen molar-refractivity contribution < 1.29 is 8.42 Å². The Morgan fingerprint density at radius 1 is 1.16 bits per heavy atom. The van der Waals surface area contributed by atoms with Gasteiger partial charge in [0.05, 0.1) is 16.8 Å². The number of nitrogens with one attached hydrogen (secondary N) is 1. The third-order valence-electron chi connectivity index (χ3n) is 2.58. The SMILES string of the molecule is Cc1ccc(S(=O)(=O)Nc2cncc(Br)c2)c(C)c1. The van der Waals surface area contributed by atoms with Crippen LogP contribution in [0.3, 0.4) is 0 Å². The van der Waals surface area contributed by atoms with Crippen LogP contribution in [0.25, 0.3) is 0 Å². The Morgan fingerprint density at radius 3 is 2.53 bits per heavy atom. The number of nitrogens with zero attached hydrogens (tertiary/aromatic N) is 1.